The first kappa shape index (κ1) is 14.9. The fraction of sp³-hybridized carbons (Fsp3) is 0.562. The van der Waals surface area contributed by atoms with Gasteiger partial charge in [0.2, 0.25) is 0 Å². The quantitative estimate of drug-likeness (QED) is 0.919. The molecule has 1 N–H and O–H groups in total. The number of aliphatic hydroxyl groups excluding tert-OH is 1. The molecular weight excluding hydrogens is 254 g/mol. The van der Waals surface area contributed by atoms with Gasteiger partial charge < -0.3 is 14.7 Å². The van der Waals surface area contributed by atoms with E-state index in [4.69, 9.17) is 4.74 Å². The Morgan fingerprint density at radius 1 is 1.50 bits per heavy atom. The van der Waals surface area contributed by atoms with Crippen LogP contribution in [0.25, 0.3) is 0 Å². The van der Waals surface area contributed by atoms with Crippen molar-refractivity contribution in [3.8, 4) is 5.75 Å². The van der Waals surface area contributed by atoms with E-state index in [-0.39, 0.29) is 17.9 Å². The van der Waals surface area contributed by atoms with Gasteiger partial charge in [0, 0.05) is 13.1 Å². The number of benzene rings is 1. The lowest BCUT2D eigenvalue weighted by atomic mass is 9.96. The molecule has 0 saturated carbocycles. The molecule has 0 aliphatic carbocycles. The standard InChI is InChI=1S/C16H23NO3/c1-11-5-4-6-14(9-11)20-13(3)16(19)17-8-7-15(18)12(2)10-17/h4-6,9,12-13,15,18H,7-8,10H2,1-3H3. The number of hydrogen-bond donors (Lipinski definition) is 1. The summed E-state index contributed by atoms with van der Waals surface area (Å²) < 4.78 is 5.72. The van der Waals surface area contributed by atoms with Gasteiger partial charge in [0.1, 0.15) is 5.75 Å². The highest BCUT2D eigenvalue weighted by Crippen LogP contribution is 2.19. The van der Waals surface area contributed by atoms with Crippen molar-refractivity contribution in [1.29, 1.82) is 0 Å². The number of rotatable bonds is 3. The molecule has 1 aromatic rings. The minimum Gasteiger partial charge on any atom is -0.481 e. The summed E-state index contributed by atoms with van der Waals surface area (Å²) in [5.74, 6) is 0.833. The van der Waals surface area contributed by atoms with Gasteiger partial charge in [0.25, 0.3) is 5.91 Å². The first-order chi connectivity index (χ1) is 9.47. The van der Waals surface area contributed by atoms with Crippen molar-refractivity contribution in [3.05, 3.63) is 29.8 Å². The van der Waals surface area contributed by atoms with Crippen LogP contribution < -0.4 is 4.74 Å². The normalized spacial score (nSPS) is 24.3. The van der Waals surface area contributed by atoms with Gasteiger partial charge in [0.15, 0.2) is 6.10 Å². The average Bonchev–Trinajstić information content (AvgIpc) is 2.41. The number of piperidine rings is 1. The Bertz CT molecular complexity index is 475. The topological polar surface area (TPSA) is 49.8 Å². The van der Waals surface area contributed by atoms with Crippen molar-refractivity contribution < 1.29 is 14.6 Å². The van der Waals surface area contributed by atoms with Crippen molar-refractivity contribution in [3.63, 3.8) is 0 Å². The van der Waals surface area contributed by atoms with Crippen molar-refractivity contribution in [2.45, 2.75) is 39.4 Å². The lowest BCUT2D eigenvalue weighted by Gasteiger charge is -2.35. The van der Waals surface area contributed by atoms with Crippen LogP contribution in [0.15, 0.2) is 24.3 Å². The van der Waals surface area contributed by atoms with E-state index in [1.165, 1.54) is 0 Å². The Kier molecular flexibility index (Phi) is 4.65. The van der Waals surface area contributed by atoms with Gasteiger partial charge in [-0.25, -0.2) is 0 Å². The summed E-state index contributed by atoms with van der Waals surface area (Å²) in [6.07, 6.45) is -0.157. The average molecular weight is 277 g/mol. The van der Waals surface area contributed by atoms with Gasteiger partial charge in [0.05, 0.1) is 6.10 Å². The predicted octanol–water partition coefficient (Wildman–Crippen LogP) is 1.99. The van der Waals surface area contributed by atoms with Crippen LogP contribution in [0.1, 0.15) is 25.8 Å². The maximum atomic E-state index is 12.4. The molecular formula is C16H23NO3. The molecule has 0 radical (unpaired) electrons. The molecule has 4 heteroatoms. The summed E-state index contributed by atoms with van der Waals surface area (Å²) in [5, 5.41) is 9.71. The summed E-state index contributed by atoms with van der Waals surface area (Å²) in [7, 11) is 0. The molecule has 1 heterocycles. The third-order valence-electron chi connectivity index (χ3n) is 3.82. The highest BCUT2D eigenvalue weighted by atomic mass is 16.5. The number of ether oxygens (including phenoxy) is 1. The smallest absolute Gasteiger partial charge is 0.263 e. The second kappa shape index (κ2) is 6.27. The zero-order valence-electron chi connectivity index (χ0n) is 12.4. The van der Waals surface area contributed by atoms with Crippen molar-refractivity contribution in [2.75, 3.05) is 13.1 Å². The number of amides is 1. The van der Waals surface area contributed by atoms with E-state index in [2.05, 4.69) is 0 Å². The number of carbonyl (C=O) groups excluding carboxylic acids is 1. The number of aliphatic hydroxyl groups is 1. The van der Waals surface area contributed by atoms with Crippen molar-refractivity contribution in [1.82, 2.24) is 4.90 Å². The number of nitrogens with zero attached hydrogens (tertiary/aromatic N) is 1. The second-order valence-corrected chi connectivity index (χ2v) is 5.69. The molecule has 1 aliphatic rings. The highest BCUT2D eigenvalue weighted by molar-refractivity contribution is 5.81. The predicted molar refractivity (Wildman–Crippen MR) is 77.6 cm³/mol. The van der Waals surface area contributed by atoms with Gasteiger partial charge >= 0.3 is 0 Å². The summed E-state index contributed by atoms with van der Waals surface area (Å²) in [6, 6.07) is 7.69. The van der Waals surface area contributed by atoms with Gasteiger partial charge in [-0.3, -0.25) is 4.79 Å². The summed E-state index contributed by atoms with van der Waals surface area (Å²) in [5.41, 5.74) is 1.11. The van der Waals surface area contributed by atoms with Crippen LogP contribution >= 0.6 is 0 Å². The van der Waals surface area contributed by atoms with E-state index in [9.17, 15) is 9.90 Å². The van der Waals surface area contributed by atoms with E-state index in [1.54, 1.807) is 11.8 Å². The third kappa shape index (κ3) is 3.51. The zero-order valence-corrected chi connectivity index (χ0v) is 12.4. The van der Waals surface area contributed by atoms with Crippen LogP contribution in [-0.2, 0) is 4.79 Å². The van der Waals surface area contributed by atoms with Crippen LogP contribution in [0.3, 0.4) is 0 Å². The maximum absolute atomic E-state index is 12.4. The maximum Gasteiger partial charge on any atom is 0.263 e. The lowest BCUT2D eigenvalue weighted by Crippen LogP contribution is -2.49. The molecule has 1 aromatic carbocycles. The molecule has 3 atom stereocenters. The third-order valence-corrected chi connectivity index (χ3v) is 3.82. The largest absolute Gasteiger partial charge is 0.481 e. The van der Waals surface area contributed by atoms with Crippen LogP contribution in [-0.4, -0.2) is 41.2 Å². The number of carbonyl (C=O) groups is 1. The van der Waals surface area contributed by atoms with Crippen molar-refractivity contribution in [2.24, 2.45) is 5.92 Å². The first-order valence-corrected chi connectivity index (χ1v) is 7.17. The molecule has 1 fully saturated rings. The second-order valence-electron chi connectivity index (χ2n) is 5.69. The Morgan fingerprint density at radius 2 is 2.25 bits per heavy atom. The Labute approximate surface area is 120 Å². The number of hydrogen-bond acceptors (Lipinski definition) is 3. The molecule has 2 rings (SSSR count). The molecule has 0 spiro atoms. The molecule has 3 unspecified atom stereocenters. The minimum atomic E-state index is -0.501. The van der Waals surface area contributed by atoms with E-state index in [1.807, 2.05) is 38.1 Å². The van der Waals surface area contributed by atoms with Gasteiger partial charge in [-0.05, 0) is 43.9 Å². The van der Waals surface area contributed by atoms with Crippen LogP contribution in [0.5, 0.6) is 5.75 Å². The Balaban J connectivity index is 1.95. The SMILES string of the molecule is Cc1cccc(OC(C)C(=O)N2CCC(O)C(C)C2)c1. The molecule has 110 valence electrons. The molecule has 1 saturated heterocycles. The van der Waals surface area contributed by atoms with Crippen LogP contribution in [0.2, 0.25) is 0 Å². The van der Waals surface area contributed by atoms with Crippen LogP contribution in [0.4, 0.5) is 0 Å². The van der Waals surface area contributed by atoms with Gasteiger partial charge in [-0.2, -0.15) is 0 Å². The monoisotopic (exact) mass is 277 g/mol. The minimum absolute atomic E-state index is 0.00902. The van der Waals surface area contributed by atoms with Gasteiger partial charge in [-0.1, -0.05) is 19.1 Å². The fourth-order valence-corrected chi connectivity index (χ4v) is 2.53. The summed E-state index contributed by atoms with van der Waals surface area (Å²) in [6.45, 7) is 6.94. The fourth-order valence-electron chi connectivity index (χ4n) is 2.53. The van der Waals surface area contributed by atoms with E-state index < -0.39 is 6.10 Å². The molecule has 20 heavy (non-hydrogen) atoms. The Morgan fingerprint density at radius 3 is 2.90 bits per heavy atom. The zero-order chi connectivity index (χ0) is 14.7. The molecule has 1 amide bonds. The number of likely N-dealkylation sites (tertiary alicyclic amines) is 1. The van der Waals surface area contributed by atoms with Crippen LogP contribution in [0, 0.1) is 12.8 Å². The summed E-state index contributed by atoms with van der Waals surface area (Å²) >= 11 is 0. The molecule has 1 aliphatic heterocycles. The number of aryl methyl sites for hydroxylation is 1. The van der Waals surface area contributed by atoms with Gasteiger partial charge in [-0.15, -0.1) is 0 Å². The molecule has 4 nitrogen and oxygen atoms in total. The van der Waals surface area contributed by atoms with E-state index in [0.717, 1.165) is 11.3 Å². The van der Waals surface area contributed by atoms with Crippen molar-refractivity contribution >= 4 is 5.91 Å². The summed E-state index contributed by atoms with van der Waals surface area (Å²) in [4.78, 5) is 14.1. The van der Waals surface area contributed by atoms with E-state index in [0.29, 0.717) is 19.5 Å². The molecule has 0 aromatic heterocycles. The first-order valence-electron chi connectivity index (χ1n) is 7.17. The Hall–Kier alpha value is -1.55. The molecule has 0 bridgehead atoms. The van der Waals surface area contributed by atoms with E-state index >= 15 is 0 Å². The lowest BCUT2D eigenvalue weighted by molar-refractivity contribution is -0.141. The highest BCUT2D eigenvalue weighted by Gasteiger charge is 2.30.